The Morgan fingerprint density at radius 2 is 2.59 bits per heavy atom. The molecule has 1 fully saturated rings. The van der Waals surface area contributed by atoms with E-state index in [1.54, 1.807) is 6.20 Å². The van der Waals surface area contributed by atoms with Crippen LogP contribution in [0.3, 0.4) is 0 Å². The summed E-state index contributed by atoms with van der Waals surface area (Å²) in [6, 6.07) is 0.136. The summed E-state index contributed by atoms with van der Waals surface area (Å²) in [6.07, 6.45) is 9.89. The van der Waals surface area contributed by atoms with Crippen molar-refractivity contribution in [2.24, 2.45) is 12.9 Å². The number of hydrogen-bond acceptors (Lipinski definition) is 4. The molecular formula is C12H22N4O. The lowest BCUT2D eigenvalue weighted by Crippen LogP contribution is -2.30. The molecule has 1 aromatic heterocycles. The lowest BCUT2D eigenvalue weighted by Gasteiger charge is -2.16. The first-order valence-corrected chi connectivity index (χ1v) is 6.36. The number of aryl methyl sites for hydroxylation is 1. The predicted octanol–water partition coefficient (Wildman–Crippen LogP) is 1.27. The van der Waals surface area contributed by atoms with E-state index in [-0.39, 0.29) is 6.04 Å². The van der Waals surface area contributed by atoms with Crippen molar-refractivity contribution in [3.63, 3.8) is 0 Å². The molecule has 0 bridgehead atoms. The largest absolute Gasteiger partial charge is 0.378 e. The Kier molecular flexibility index (Phi) is 4.53. The van der Waals surface area contributed by atoms with E-state index in [1.807, 2.05) is 17.8 Å². The van der Waals surface area contributed by atoms with Crippen LogP contribution in [0.1, 0.15) is 44.0 Å². The summed E-state index contributed by atoms with van der Waals surface area (Å²) < 4.78 is 7.62. The lowest BCUT2D eigenvalue weighted by molar-refractivity contribution is 0.101. The highest BCUT2D eigenvalue weighted by Gasteiger charge is 2.18. The quantitative estimate of drug-likeness (QED) is 0.578. The molecule has 0 saturated carbocycles. The second-order valence-electron chi connectivity index (χ2n) is 4.68. The number of imidazole rings is 1. The SMILES string of the molecule is Cn1ccnc1C(CCCC1CCCO1)NN. The van der Waals surface area contributed by atoms with E-state index in [2.05, 4.69) is 10.4 Å². The molecule has 17 heavy (non-hydrogen) atoms. The van der Waals surface area contributed by atoms with Gasteiger partial charge in [0, 0.05) is 26.0 Å². The molecule has 0 amide bonds. The number of hydrogen-bond donors (Lipinski definition) is 2. The third kappa shape index (κ3) is 3.28. The van der Waals surface area contributed by atoms with Crippen molar-refractivity contribution in [2.45, 2.75) is 44.2 Å². The number of rotatable bonds is 6. The summed E-state index contributed by atoms with van der Waals surface area (Å²) in [6.45, 7) is 0.933. The Morgan fingerprint density at radius 3 is 3.18 bits per heavy atom. The van der Waals surface area contributed by atoms with E-state index in [0.29, 0.717) is 6.10 Å². The number of ether oxygens (including phenoxy) is 1. The van der Waals surface area contributed by atoms with Crippen molar-refractivity contribution in [1.82, 2.24) is 15.0 Å². The Labute approximate surface area is 102 Å². The second kappa shape index (κ2) is 6.14. The molecule has 3 N–H and O–H groups in total. The Bertz CT molecular complexity index is 333. The van der Waals surface area contributed by atoms with E-state index >= 15 is 0 Å². The Balaban J connectivity index is 1.77. The maximum Gasteiger partial charge on any atom is 0.126 e. The summed E-state index contributed by atoms with van der Waals surface area (Å²) >= 11 is 0. The van der Waals surface area contributed by atoms with Crippen LogP contribution in [0, 0.1) is 0 Å². The highest BCUT2D eigenvalue weighted by Crippen LogP contribution is 2.21. The molecule has 5 heteroatoms. The third-order valence-electron chi connectivity index (χ3n) is 3.41. The van der Waals surface area contributed by atoms with E-state index in [4.69, 9.17) is 10.6 Å². The molecule has 0 aliphatic carbocycles. The van der Waals surface area contributed by atoms with Crippen LogP contribution in [0.25, 0.3) is 0 Å². The molecule has 0 spiro atoms. The predicted molar refractivity (Wildman–Crippen MR) is 66.1 cm³/mol. The van der Waals surface area contributed by atoms with Crippen LogP contribution >= 0.6 is 0 Å². The lowest BCUT2D eigenvalue weighted by atomic mass is 10.1. The number of aromatic nitrogens is 2. The number of nitrogens with two attached hydrogens (primary N) is 1. The highest BCUT2D eigenvalue weighted by molar-refractivity contribution is 4.97. The van der Waals surface area contributed by atoms with Gasteiger partial charge in [0.2, 0.25) is 0 Å². The third-order valence-corrected chi connectivity index (χ3v) is 3.41. The van der Waals surface area contributed by atoms with Crippen LogP contribution < -0.4 is 11.3 Å². The van der Waals surface area contributed by atoms with Crippen molar-refractivity contribution < 1.29 is 4.74 Å². The second-order valence-corrected chi connectivity index (χ2v) is 4.68. The van der Waals surface area contributed by atoms with Gasteiger partial charge in [0.15, 0.2) is 0 Å². The molecule has 0 radical (unpaired) electrons. The van der Waals surface area contributed by atoms with Gasteiger partial charge in [-0.2, -0.15) is 0 Å². The summed E-state index contributed by atoms with van der Waals surface area (Å²) in [4.78, 5) is 4.33. The number of hydrazine groups is 1. The maximum absolute atomic E-state index is 5.61. The van der Waals surface area contributed by atoms with Gasteiger partial charge < -0.3 is 9.30 Å². The van der Waals surface area contributed by atoms with Gasteiger partial charge in [0.25, 0.3) is 0 Å². The zero-order chi connectivity index (χ0) is 12.1. The molecule has 5 nitrogen and oxygen atoms in total. The average molecular weight is 238 g/mol. The van der Waals surface area contributed by atoms with Crippen LogP contribution in [0.2, 0.25) is 0 Å². The molecule has 2 rings (SSSR count). The normalized spacial score (nSPS) is 21.9. The smallest absolute Gasteiger partial charge is 0.126 e. The van der Waals surface area contributed by atoms with E-state index in [0.717, 1.165) is 31.7 Å². The molecule has 1 aliphatic rings. The fourth-order valence-corrected chi connectivity index (χ4v) is 2.42. The van der Waals surface area contributed by atoms with E-state index < -0.39 is 0 Å². The Morgan fingerprint density at radius 1 is 1.71 bits per heavy atom. The van der Waals surface area contributed by atoms with Gasteiger partial charge in [-0.05, 0) is 32.1 Å². The fourth-order valence-electron chi connectivity index (χ4n) is 2.42. The molecule has 2 atom stereocenters. The minimum absolute atomic E-state index is 0.136. The maximum atomic E-state index is 5.61. The van der Waals surface area contributed by atoms with Crippen molar-refractivity contribution >= 4 is 0 Å². The molecular weight excluding hydrogens is 216 g/mol. The molecule has 1 aliphatic heterocycles. The summed E-state index contributed by atoms with van der Waals surface area (Å²) in [5.74, 6) is 6.59. The van der Waals surface area contributed by atoms with Crippen LogP contribution in [0.4, 0.5) is 0 Å². The van der Waals surface area contributed by atoms with Crippen LogP contribution in [-0.4, -0.2) is 22.3 Å². The van der Waals surface area contributed by atoms with Gasteiger partial charge in [-0.25, -0.2) is 10.4 Å². The van der Waals surface area contributed by atoms with Crippen molar-refractivity contribution in [1.29, 1.82) is 0 Å². The monoisotopic (exact) mass is 238 g/mol. The molecule has 1 aromatic rings. The van der Waals surface area contributed by atoms with E-state index in [1.165, 1.54) is 12.8 Å². The molecule has 0 aromatic carbocycles. The molecule has 2 unspecified atom stereocenters. The van der Waals surface area contributed by atoms with Gasteiger partial charge >= 0.3 is 0 Å². The Hall–Kier alpha value is -0.910. The van der Waals surface area contributed by atoms with Gasteiger partial charge in [-0.15, -0.1) is 0 Å². The van der Waals surface area contributed by atoms with E-state index in [9.17, 15) is 0 Å². The average Bonchev–Trinajstić information content (AvgIpc) is 2.96. The molecule has 2 heterocycles. The first-order chi connectivity index (χ1) is 8.31. The number of nitrogens with one attached hydrogen (secondary N) is 1. The van der Waals surface area contributed by atoms with Crippen molar-refractivity contribution in [3.8, 4) is 0 Å². The van der Waals surface area contributed by atoms with Gasteiger partial charge in [-0.1, -0.05) is 0 Å². The van der Waals surface area contributed by atoms with Crippen LogP contribution in [-0.2, 0) is 11.8 Å². The van der Waals surface area contributed by atoms with Gasteiger partial charge in [-0.3, -0.25) is 5.84 Å². The topological polar surface area (TPSA) is 65.1 Å². The van der Waals surface area contributed by atoms with Crippen LogP contribution in [0.15, 0.2) is 12.4 Å². The summed E-state index contributed by atoms with van der Waals surface area (Å²) in [5, 5.41) is 0. The van der Waals surface area contributed by atoms with Gasteiger partial charge in [0.05, 0.1) is 12.1 Å². The first-order valence-electron chi connectivity index (χ1n) is 6.36. The fraction of sp³-hybridized carbons (Fsp3) is 0.750. The zero-order valence-corrected chi connectivity index (χ0v) is 10.4. The van der Waals surface area contributed by atoms with Crippen molar-refractivity contribution in [3.05, 3.63) is 18.2 Å². The number of nitrogens with zero attached hydrogens (tertiary/aromatic N) is 2. The zero-order valence-electron chi connectivity index (χ0n) is 10.4. The standard InChI is InChI=1S/C12H22N4O/c1-16-8-7-14-12(16)11(15-13)6-2-4-10-5-3-9-17-10/h7-8,10-11,15H,2-6,9,13H2,1H3. The highest BCUT2D eigenvalue weighted by atomic mass is 16.5. The molecule has 1 saturated heterocycles. The first kappa shape index (κ1) is 12.5. The minimum atomic E-state index is 0.136. The summed E-state index contributed by atoms with van der Waals surface area (Å²) in [7, 11) is 1.99. The van der Waals surface area contributed by atoms with Gasteiger partial charge in [0.1, 0.15) is 5.82 Å². The summed E-state index contributed by atoms with van der Waals surface area (Å²) in [5.41, 5.74) is 2.85. The minimum Gasteiger partial charge on any atom is -0.378 e. The molecule has 96 valence electrons. The van der Waals surface area contributed by atoms with Crippen molar-refractivity contribution in [2.75, 3.05) is 6.61 Å². The van der Waals surface area contributed by atoms with Crippen LogP contribution in [0.5, 0.6) is 0 Å².